The van der Waals surface area contributed by atoms with Gasteiger partial charge in [-0.25, -0.2) is 4.79 Å². The van der Waals surface area contributed by atoms with Gasteiger partial charge in [0.15, 0.2) is 0 Å². The summed E-state index contributed by atoms with van der Waals surface area (Å²) in [6, 6.07) is 2.27. The minimum Gasteiger partial charge on any atom is -0.496 e. The quantitative estimate of drug-likeness (QED) is 0.749. The first-order valence-corrected chi connectivity index (χ1v) is 7.17. The number of ether oxygens (including phenoxy) is 2. The summed E-state index contributed by atoms with van der Waals surface area (Å²) in [6.07, 6.45) is 0. The van der Waals surface area contributed by atoms with Crippen molar-refractivity contribution in [1.29, 1.82) is 0 Å². The summed E-state index contributed by atoms with van der Waals surface area (Å²) in [7, 11) is 3.03. The molecule has 118 valence electrons. The number of carbonyl (C=O) groups excluding carboxylic acids is 2. The molecule has 3 amide bonds. The van der Waals surface area contributed by atoms with Gasteiger partial charge in [0.1, 0.15) is 11.5 Å². The molecule has 0 fully saturated rings. The van der Waals surface area contributed by atoms with Crippen LogP contribution in [0.4, 0.5) is 4.79 Å². The van der Waals surface area contributed by atoms with Crippen molar-refractivity contribution in [3.8, 4) is 11.5 Å². The van der Waals surface area contributed by atoms with E-state index in [0.29, 0.717) is 27.2 Å². The fraction of sp³-hybridized carbons (Fsp3) is 0.286. The molecule has 1 aromatic rings. The molecule has 0 radical (unpaired) electrons. The van der Waals surface area contributed by atoms with Crippen molar-refractivity contribution in [3.05, 3.63) is 33.4 Å². The summed E-state index contributed by atoms with van der Waals surface area (Å²) >= 11 is 3.38. The summed E-state index contributed by atoms with van der Waals surface area (Å²) in [5, 5.41) is 5.22. The van der Waals surface area contributed by atoms with Crippen LogP contribution in [0.3, 0.4) is 0 Å². The number of rotatable bonds is 4. The molecule has 8 heteroatoms. The van der Waals surface area contributed by atoms with Gasteiger partial charge in [-0.2, -0.15) is 0 Å². The number of urea groups is 1. The number of amides is 3. The van der Waals surface area contributed by atoms with E-state index in [4.69, 9.17) is 15.2 Å². The smallest absolute Gasteiger partial charge is 0.319 e. The van der Waals surface area contributed by atoms with Crippen LogP contribution >= 0.6 is 15.9 Å². The van der Waals surface area contributed by atoms with Crippen molar-refractivity contribution in [2.24, 2.45) is 5.73 Å². The maximum Gasteiger partial charge on any atom is 0.319 e. The molecule has 1 aliphatic heterocycles. The van der Waals surface area contributed by atoms with Gasteiger partial charge in [0.05, 0.1) is 30.3 Å². The van der Waals surface area contributed by atoms with Gasteiger partial charge >= 0.3 is 6.03 Å². The number of carbonyl (C=O) groups is 2. The molecule has 7 nitrogen and oxygen atoms in total. The van der Waals surface area contributed by atoms with E-state index in [1.54, 1.807) is 19.1 Å². The minimum absolute atomic E-state index is 0.273. The highest BCUT2D eigenvalue weighted by Gasteiger charge is 2.32. The lowest BCUT2D eigenvalue weighted by molar-refractivity contribution is -0.115. The van der Waals surface area contributed by atoms with Crippen molar-refractivity contribution in [1.82, 2.24) is 10.6 Å². The lowest BCUT2D eigenvalue weighted by atomic mass is 9.94. The van der Waals surface area contributed by atoms with Crippen LogP contribution in [0, 0.1) is 0 Å². The average molecular weight is 370 g/mol. The minimum atomic E-state index is -0.705. The molecule has 2 rings (SSSR count). The van der Waals surface area contributed by atoms with Gasteiger partial charge in [0, 0.05) is 17.3 Å². The molecule has 0 aromatic heterocycles. The Morgan fingerprint density at radius 3 is 2.45 bits per heavy atom. The van der Waals surface area contributed by atoms with Gasteiger partial charge in [0.2, 0.25) is 5.91 Å². The number of benzene rings is 1. The van der Waals surface area contributed by atoms with Crippen molar-refractivity contribution >= 4 is 27.9 Å². The van der Waals surface area contributed by atoms with E-state index in [0.717, 1.165) is 0 Å². The third kappa shape index (κ3) is 2.87. The fourth-order valence-electron chi connectivity index (χ4n) is 2.36. The SMILES string of the molecule is COc1cc(OC)c([C@@H]2NC(=O)NC(C)=C2C(N)=O)cc1Br. The highest BCUT2D eigenvalue weighted by atomic mass is 79.9. The van der Waals surface area contributed by atoms with Crippen LogP contribution in [0.2, 0.25) is 0 Å². The fourth-order valence-corrected chi connectivity index (χ4v) is 2.89. The van der Waals surface area contributed by atoms with Crippen molar-refractivity contribution < 1.29 is 19.1 Å². The maximum atomic E-state index is 11.8. The molecule has 0 spiro atoms. The summed E-state index contributed by atoms with van der Waals surface area (Å²) in [5.74, 6) is 0.421. The summed E-state index contributed by atoms with van der Waals surface area (Å²) in [5.41, 5.74) is 6.73. The number of hydrogen-bond acceptors (Lipinski definition) is 4. The molecule has 1 aliphatic rings. The molecule has 1 heterocycles. The molecular weight excluding hydrogens is 354 g/mol. The lowest BCUT2D eigenvalue weighted by Gasteiger charge is -2.29. The monoisotopic (exact) mass is 369 g/mol. The third-order valence-electron chi connectivity index (χ3n) is 3.35. The van der Waals surface area contributed by atoms with Gasteiger partial charge in [0.25, 0.3) is 0 Å². The van der Waals surface area contributed by atoms with Crippen LogP contribution in [0.5, 0.6) is 11.5 Å². The van der Waals surface area contributed by atoms with Crippen LogP contribution in [-0.2, 0) is 4.79 Å². The third-order valence-corrected chi connectivity index (χ3v) is 3.97. The van der Waals surface area contributed by atoms with Crippen molar-refractivity contribution in [3.63, 3.8) is 0 Å². The molecule has 22 heavy (non-hydrogen) atoms. The first kappa shape index (κ1) is 16.2. The maximum absolute atomic E-state index is 11.8. The van der Waals surface area contributed by atoms with E-state index in [9.17, 15) is 9.59 Å². The topological polar surface area (TPSA) is 103 Å². The highest BCUT2D eigenvalue weighted by molar-refractivity contribution is 9.10. The highest BCUT2D eigenvalue weighted by Crippen LogP contribution is 2.39. The molecule has 0 saturated heterocycles. The zero-order valence-corrected chi connectivity index (χ0v) is 13.9. The number of methoxy groups -OCH3 is 2. The molecule has 0 aliphatic carbocycles. The Hall–Kier alpha value is -2.22. The summed E-state index contributed by atoms with van der Waals surface area (Å²) in [4.78, 5) is 23.5. The predicted molar refractivity (Wildman–Crippen MR) is 83.5 cm³/mol. The van der Waals surface area contributed by atoms with Gasteiger partial charge in [-0.05, 0) is 28.9 Å². The zero-order valence-electron chi connectivity index (χ0n) is 12.3. The van der Waals surface area contributed by atoms with E-state index in [1.807, 2.05) is 0 Å². The van der Waals surface area contributed by atoms with Crippen LogP contribution in [0.1, 0.15) is 18.5 Å². The Morgan fingerprint density at radius 2 is 1.91 bits per heavy atom. The Bertz CT molecular complexity index is 672. The number of halogens is 1. The molecule has 0 saturated carbocycles. The van der Waals surface area contributed by atoms with Crippen LogP contribution in [0.25, 0.3) is 0 Å². The number of allylic oxidation sites excluding steroid dienone is 1. The van der Waals surface area contributed by atoms with Crippen molar-refractivity contribution in [2.45, 2.75) is 13.0 Å². The lowest BCUT2D eigenvalue weighted by Crippen LogP contribution is -2.46. The molecule has 1 atom stereocenters. The van der Waals surface area contributed by atoms with Gasteiger partial charge < -0.3 is 25.8 Å². The van der Waals surface area contributed by atoms with Crippen molar-refractivity contribution in [2.75, 3.05) is 14.2 Å². The standard InChI is InChI=1S/C14H16BrN3O4/c1-6-11(13(16)19)12(18-14(20)17-6)7-4-8(15)10(22-3)5-9(7)21-2/h4-5,12H,1-3H3,(H2,16,19)(H2,17,18,20)/t12-/m0/s1. The first-order chi connectivity index (χ1) is 10.4. The van der Waals surface area contributed by atoms with E-state index in [1.165, 1.54) is 14.2 Å². The first-order valence-electron chi connectivity index (χ1n) is 6.38. The number of nitrogens with two attached hydrogens (primary N) is 1. The molecular formula is C14H16BrN3O4. The second-order valence-electron chi connectivity index (χ2n) is 4.66. The molecule has 0 bridgehead atoms. The average Bonchev–Trinajstić information content (AvgIpc) is 2.45. The zero-order chi connectivity index (χ0) is 16.4. The largest absolute Gasteiger partial charge is 0.496 e. The van der Waals surface area contributed by atoms with E-state index >= 15 is 0 Å². The molecule has 4 N–H and O–H groups in total. The Kier molecular flexibility index (Phi) is 4.60. The second-order valence-corrected chi connectivity index (χ2v) is 5.52. The molecule has 1 aromatic carbocycles. The van der Waals surface area contributed by atoms with E-state index in [2.05, 4.69) is 26.6 Å². The van der Waals surface area contributed by atoms with Crippen LogP contribution in [0.15, 0.2) is 27.9 Å². The Morgan fingerprint density at radius 1 is 1.27 bits per heavy atom. The van der Waals surface area contributed by atoms with Crippen LogP contribution < -0.4 is 25.8 Å². The van der Waals surface area contributed by atoms with Gasteiger partial charge in [-0.1, -0.05) is 0 Å². The second kappa shape index (κ2) is 6.27. The van der Waals surface area contributed by atoms with Crippen LogP contribution in [-0.4, -0.2) is 26.2 Å². The summed E-state index contributed by atoms with van der Waals surface area (Å²) < 4.78 is 11.2. The van der Waals surface area contributed by atoms with Gasteiger partial charge in [-0.15, -0.1) is 0 Å². The Balaban J connectivity index is 2.62. The van der Waals surface area contributed by atoms with E-state index in [-0.39, 0.29) is 5.57 Å². The Labute approximate surface area is 136 Å². The summed E-state index contributed by atoms with van der Waals surface area (Å²) in [6.45, 7) is 1.62. The van der Waals surface area contributed by atoms with Gasteiger partial charge in [-0.3, -0.25) is 4.79 Å². The molecule has 0 unspecified atom stereocenters. The van der Waals surface area contributed by atoms with E-state index < -0.39 is 18.0 Å². The number of hydrogen-bond donors (Lipinski definition) is 3. The number of primary amides is 1. The predicted octanol–water partition coefficient (Wildman–Crippen LogP) is 1.58. The number of nitrogens with one attached hydrogen (secondary N) is 2. The normalized spacial score (nSPS) is 17.6.